The Morgan fingerprint density at radius 1 is 1.21 bits per heavy atom. The summed E-state index contributed by atoms with van der Waals surface area (Å²) in [6.07, 6.45) is 2.94. The second-order valence-electron chi connectivity index (χ2n) is 5.08. The number of aryl methyl sites for hydroxylation is 1. The quantitative estimate of drug-likeness (QED) is 0.633. The monoisotopic (exact) mass is 347 g/mol. The summed E-state index contributed by atoms with van der Waals surface area (Å²) in [6, 6.07) is 8.39. The van der Waals surface area contributed by atoms with Crippen LogP contribution >= 0.6 is 11.6 Å². The minimum Gasteiger partial charge on any atom is -0.506 e. The van der Waals surface area contributed by atoms with Gasteiger partial charge in [-0.05, 0) is 48.4 Å². The molecule has 0 saturated carbocycles. The molecule has 0 radical (unpaired) electrons. The summed E-state index contributed by atoms with van der Waals surface area (Å²) >= 11 is 6.12. The summed E-state index contributed by atoms with van der Waals surface area (Å²) < 4.78 is 10.4. The van der Waals surface area contributed by atoms with Crippen molar-refractivity contribution in [2.45, 2.75) is 6.92 Å². The van der Waals surface area contributed by atoms with Crippen molar-refractivity contribution in [2.24, 2.45) is 0 Å². The second-order valence-corrected chi connectivity index (χ2v) is 5.49. The molecule has 0 aromatic heterocycles. The van der Waals surface area contributed by atoms with Gasteiger partial charge in [-0.1, -0.05) is 17.7 Å². The van der Waals surface area contributed by atoms with Crippen molar-refractivity contribution in [3.05, 3.63) is 52.6 Å². The number of phenols is 1. The summed E-state index contributed by atoms with van der Waals surface area (Å²) in [5.74, 6) is 0.553. The van der Waals surface area contributed by atoms with Gasteiger partial charge < -0.3 is 19.9 Å². The lowest BCUT2D eigenvalue weighted by Gasteiger charge is -2.10. The molecule has 0 heterocycles. The largest absolute Gasteiger partial charge is 0.506 e. The molecule has 0 aliphatic heterocycles. The summed E-state index contributed by atoms with van der Waals surface area (Å²) in [5, 5.41) is 12.8. The fourth-order valence-electron chi connectivity index (χ4n) is 2.13. The van der Waals surface area contributed by atoms with Crippen LogP contribution in [-0.4, -0.2) is 25.2 Å². The molecule has 0 saturated heterocycles. The van der Waals surface area contributed by atoms with Crippen molar-refractivity contribution in [3.8, 4) is 17.2 Å². The number of nitrogens with one attached hydrogen (secondary N) is 1. The number of rotatable bonds is 5. The van der Waals surface area contributed by atoms with E-state index >= 15 is 0 Å². The number of carbonyl (C=O) groups excluding carboxylic acids is 1. The van der Waals surface area contributed by atoms with Crippen LogP contribution in [0.4, 0.5) is 5.69 Å². The first-order valence-corrected chi connectivity index (χ1v) is 7.52. The van der Waals surface area contributed by atoms with E-state index < -0.39 is 0 Å². The Balaban J connectivity index is 2.15. The smallest absolute Gasteiger partial charge is 0.248 e. The number of carbonyl (C=O) groups is 1. The first-order chi connectivity index (χ1) is 11.4. The van der Waals surface area contributed by atoms with Gasteiger partial charge in [-0.25, -0.2) is 0 Å². The average Bonchev–Trinajstić information content (AvgIpc) is 2.55. The molecule has 6 heteroatoms. The highest BCUT2D eigenvalue weighted by Crippen LogP contribution is 2.36. The van der Waals surface area contributed by atoms with Crippen LogP contribution in [-0.2, 0) is 4.79 Å². The van der Waals surface area contributed by atoms with Gasteiger partial charge in [0.1, 0.15) is 5.75 Å². The van der Waals surface area contributed by atoms with Crippen molar-refractivity contribution < 1.29 is 19.4 Å². The zero-order valence-corrected chi connectivity index (χ0v) is 14.3. The minimum absolute atomic E-state index is 0.0194. The van der Waals surface area contributed by atoms with E-state index in [0.717, 1.165) is 5.56 Å². The lowest BCUT2D eigenvalue weighted by Crippen LogP contribution is -2.07. The maximum atomic E-state index is 12.0. The van der Waals surface area contributed by atoms with E-state index in [1.165, 1.54) is 20.3 Å². The third kappa shape index (κ3) is 4.20. The van der Waals surface area contributed by atoms with Gasteiger partial charge >= 0.3 is 0 Å². The highest BCUT2D eigenvalue weighted by molar-refractivity contribution is 6.32. The summed E-state index contributed by atoms with van der Waals surface area (Å²) in [6.45, 7) is 1.85. The third-order valence-corrected chi connectivity index (χ3v) is 3.57. The Labute approximate surface area is 145 Å². The molecule has 2 aromatic rings. The number of methoxy groups -OCH3 is 2. The Kier molecular flexibility index (Phi) is 5.71. The molecule has 2 aromatic carbocycles. The van der Waals surface area contributed by atoms with Gasteiger partial charge in [0.25, 0.3) is 0 Å². The molecule has 0 aliphatic carbocycles. The highest BCUT2D eigenvalue weighted by Gasteiger charge is 2.10. The van der Waals surface area contributed by atoms with Gasteiger partial charge in [-0.3, -0.25) is 4.79 Å². The van der Waals surface area contributed by atoms with Gasteiger partial charge in [-0.2, -0.15) is 0 Å². The molecule has 2 rings (SSSR count). The zero-order chi connectivity index (χ0) is 17.7. The highest BCUT2D eigenvalue weighted by atomic mass is 35.5. The summed E-state index contributed by atoms with van der Waals surface area (Å²) in [5.41, 5.74) is 1.93. The maximum absolute atomic E-state index is 12.0. The topological polar surface area (TPSA) is 67.8 Å². The Morgan fingerprint density at radius 3 is 2.58 bits per heavy atom. The summed E-state index contributed by atoms with van der Waals surface area (Å²) in [7, 11) is 3.01. The van der Waals surface area contributed by atoms with Crippen LogP contribution in [0.1, 0.15) is 11.1 Å². The first-order valence-electron chi connectivity index (χ1n) is 7.14. The van der Waals surface area contributed by atoms with E-state index in [0.29, 0.717) is 27.8 Å². The van der Waals surface area contributed by atoms with Crippen LogP contribution in [0, 0.1) is 6.92 Å². The number of hydrogen-bond donors (Lipinski definition) is 2. The van der Waals surface area contributed by atoms with Crippen molar-refractivity contribution in [2.75, 3.05) is 19.5 Å². The molecule has 0 aliphatic rings. The number of aromatic hydroxyl groups is 1. The maximum Gasteiger partial charge on any atom is 0.248 e. The van der Waals surface area contributed by atoms with Gasteiger partial charge in [0.2, 0.25) is 5.91 Å². The predicted molar refractivity (Wildman–Crippen MR) is 95.1 cm³/mol. The van der Waals surface area contributed by atoms with Crippen LogP contribution in [0.15, 0.2) is 36.4 Å². The predicted octanol–water partition coefficient (Wildman–Crippen LogP) is 4.02. The number of amides is 1. The van der Waals surface area contributed by atoms with E-state index in [9.17, 15) is 9.90 Å². The molecule has 0 spiro atoms. The van der Waals surface area contributed by atoms with Crippen LogP contribution < -0.4 is 14.8 Å². The first kappa shape index (κ1) is 17.7. The molecule has 2 N–H and O–H groups in total. The third-order valence-electron chi connectivity index (χ3n) is 3.29. The van der Waals surface area contributed by atoms with Gasteiger partial charge in [0.05, 0.1) is 24.9 Å². The minimum atomic E-state index is -0.375. The molecular formula is C18H18ClNO4. The standard InChI is InChI=1S/C18H18ClNO4/c1-11-4-6-14(15(21)8-11)20-17(22)7-5-12-9-13(19)18(24-3)16(10-12)23-2/h4-10,21H,1-3H3,(H,20,22)/b7-5+. The lowest BCUT2D eigenvalue weighted by molar-refractivity contribution is -0.111. The van der Waals surface area contributed by atoms with Gasteiger partial charge in [-0.15, -0.1) is 0 Å². The van der Waals surface area contributed by atoms with E-state index in [1.807, 2.05) is 6.92 Å². The molecule has 0 unspecified atom stereocenters. The van der Waals surface area contributed by atoms with E-state index in [1.54, 1.807) is 36.4 Å². The molecule has 1 amide bonds. The molecule has 126 valence electrons. The Bertz CT molecular complexity index is 787. The number of ether oxygens (including phenoxy) is 2. The van der Waals surface area contributed by atoms with Crippen LogP contribution in [0.25, 0.3) is 6.08 Å². The van der Waals surface area contributed by atoms with E-state index in [2.05, 4.69) is 5.32 Å². The van der Waals surface area contributed by atoms with Crippen LogP contribution in [0.5, 0.6) is 17.2 Å². The van der Waals surface area contributed by atoms with Crippen molar-refractivity contribution in [1.29, 1.82) is 0 Å². The van der Waals surface area contributed by atoms with Crippen molar-refractivity contribution in [1.82, 2.24) is 0 Å². The fraction of sp³-hybridized carbons (Fsp3) is 0.167. The molecule has 0 fully saturated rings. The van der Waals surface area contributed by atoms with Gasteiger partial charge in [0.15, 0.2) is 11.5 Å². The zero-order valence-electron chi connectivity index (χ0n) is 13.6. The normalized spacial score (nSPS) is 10.7. The Hall–Kier alpha value is -2.66. The SMILES string of the molecule is COc1cc(/C=C/C(=O)Nc2ccc(C)cc2O)cc(Cl)c1OC. The van der Waals surface area contributed by atoms with Crippen molar-refractivity contribution in [3.63, 3.8) is 0 Å². The molecule has 24 heavy (non-hydrogen) atoms. The summed E-state index contributed by atoms with van der Waals surface area (Å²) in [4.78, 5) is 12.0. The number of anilines is 1. The molecule has 0 bridgehead atoms. The molecular weight excluding hydrogens is 330 g/mol. The second kappa shape index (κ2) is 7.75. The van der Waals surface area contributed by atoms with E-state index in [4.69, 9.17) is 21.1 Å². The lowest BCUT2D eigenvalue weighted by atomic mass is 10.1. The number of hydrogen-bond acceptors (Lipinski definition) is 4. The van der Waals surface area contributed by atoms with Crippen LogP contribution in [0.3, 0.4) is 0 Å². The average molecular weight is 348 g/mol. The molecule has 0 atom stereocenters. The van der Waals surface area contributed by atoms with Crippen LogP contribution in [0.2, 0.25) is 5.02 Å². The van der Waals surface area contributed by atoms with Crippen molar-refractivity contribution >= 4 is 29.3 Å². The van der Waals surface area contributed by atoms with E-state index in [-0.39, 0.29) is 11.7 Å². The number of halogens is 1. The Morgan fingerprint density at radius 2 is 1.96 bits per heavy atom. The van der Waals surface area contributed by atoms with Gasteiger partial charge in [0, 0.05) is 6.08 Å². The fourth-order valence-corrected chi connectivity index (χ4v) is 2.42. The number of phenolic OH excluding ortho intramolecular Hbond substituents is 1. The number of benzene rings is 2. The molecule has 5 nitrogen and oxygen atoms in total.